The lowest BCUT2D eigenvalue weighted by Crippen LogP contribution is -2.05. The summed E-state index contributed by atoms with van der Waals surface area (Å²) in [5.41, 5.74) is 0. The van der Waals surface area contributed by atoms with E-state index in [1.807, 2.05) is 0 Å². The van der Waals surface area contributed by atoms with Crippen molar-refractivity contribution in [2.45, 2.75) is 19.2 Å². The number of hydrogen-bond donors (Lipinski definition) is 0. The SMILES string of the molecule is CC1CCOC1P(P)PP. The van der Waals surface area contributed by atoms with Crippen LogP contribution in [0.2, 0.25) is 0 Å². The van der Waals surface area contributed by atoms with Crippen LogP contribution < -0.4 is 0 Å². The van der Waals surface area contributed by atoms with Crippen molar-refractivity contribution in [3.05, 3.63) is 0 Å². The van der Waals surface area contributed by atoms with Gasteiger partial charge in [0.25, 0.3) is 0 Å². The van der Waals surface area contributed by atoms with Gasteiger partial charge in [-0.1, -0.05) is 14.9 Å². The summed E-state index contributed by atoms with van der Waals surface area (Å²) in [7, 11) is 6.79. The minimum Gasteiger partial charge on any atom is -0.373 e. The minimum absolute atomic E-state index is 0.0664. The predicted molar refractivity (Wildman–Crippen MR) is 58.2 cm³/mol. The fraction of sp³-hybridized carbons (Fsp3) is 1.00. The van der Waals surface area contributed by atoms with Crippen molar-refractivity contribution in [3.63, 3.8) is 0 Å². The maximum Gasteiger partial charge on any atom is 0.0866 e. The zero-order valence-corrected chi connectivity index (χ0v) is 10.3. The first-order valence-electron chi connectivity index (χ1n) is 3.37. The van der Waals surface area contributed by atoms with Gasteiger partial charge < -0.3 is 4.74 Å². The summed E-state index contributed by atoms with van der Waals surface area (Å²) in [6.07, 6.45) is 1.26. The fourth-order valence-electron chi connectivity index (χ4n) is 1.11. The molecule has 5 heteroatoms. The molecule has 0 aromatic rings. The zero-order chi connectivity index (χ0) is 7.56. The van der Waals surface area contributed by atoms with Crippen LogP contribution in [0.25, 0.3) is 0 Å². The summed E-state index contributed by atoms with van der Waals surface area (Å²) < 4.78 is 5.62. The summed E-state index contributed by atoms with van der Waals surface area (Å²) in [6, 6.07) is 0. The lowest BCUT2D eigenvalue weighted by molar-refractivity contribution is 0.160. The van der Waals surface area contributed by atoms with E-state index in [0.717, 1.165) is 20.5 Å². The molecule has 1 heterocycles. The first-order chi connectivity index (χ1) is 4.75. The Morgan fingerprint density at radius 2 is 2.40 bits per heavy atom. The molecule has 0 radical (unpaired) electrons. The lowest BCUT2D eigenvalue weighted by Gasteiger charge is -2.20. The number of rotatable bonds is 2. The molecule has 0 N–H and O–H groups in total. The van der Waals surface area contributed by atoms with Crippen LogP contribution in [-0.4, -0.2) is 12.5 Å². The summed E-state index contributed by atoms with van der Waals surface area (Å²) in [4.78, 5) is 0. The van der Waals surface area contributed by atoms with Crippen molar-refractivity contribution in [2.75, 3.05) is 6.61 Å². The largest absolute Gasteiger partial charge is 0.373 e. The highest BCUT2D eigenvalue weighted by molar-refractivity contribution is 8.61. The second-order valence-electron chi connectivity index (χ2n) is 2.56. The van der Waals surface area contributed by atoms with Gasteiger partial charge in [-0.2, -0.15) is 0 Å². The molecule has 10 heavy (non-hydrogen) atoms. The third-order valence-corrected chi connectivity index (χ3v) is 12.5. The molecule has 0 aromatic carbocycles. The van der Waals surface area contributed by atoms with Gasteiger partial charge in [-0.3, -0.25) is 0 Å². The Bertz CT molecular complexity index is 110. The Labute approximate surface area is 70.1 Å². The summed E-state index contributed by atoms with van der Waals surface area (Å²) in [5.74, 6) is 1.35. The van der Waals surface area contributed by atoms with Crippen molar-refractivity contribution in [1.82, 2.24) is 0 Å². The third kappa shape index (κ3) is 2.33. The van der Waals surface area contributed by atoms with Crippen LogP contribution in [0.15, 0.2) is 0 Å². The van der Waals surface area contributed by atoms with E-state index in [1.165, 1.54) is 6.42 Å². The van der Waals surface area contributed by atoms with Crippen molar-refractivity contribution in [1.29, 1.82) is 0 Å². The van der Waals surface area contributed by atoms with Crippen molar-refractivity contribution < 1.29 is 4.74 Å². The topological polar surface area (TPSA) is 9.23 Å². The average Bonchev–Trinajstić information content (AvgIpc) is 2.34. The van der Waals surface area contributed by atoms with Crippen LogP contribution in [0.3, 0.4) is 0 Å². The van der Waals surface area contributed by atoms with E-state index in [4.69, 9.17) is 4.74 Å². The van der Waals surface area contributed by atoms with Gasteiger partial charge in [0, 0.05) is 6.61 Å². The molecule has 0 bridgehead atoms. The first-order valence-corrected chi connectivity index (χ1v) is 10.1. The average molecular weight is 214 g/mol. The smallest absolute Gasteiger partial charge is 0.0866 e. The molecule has 0 aromatic heterocycles. The molecule has 6 unspecified atom stereocenters. The normalized spacial score (nSPS) is 37.5. The van der Waals surface area contributed by atoms with E-state index in [2.05, 4.69) is 24.8 Å². The van der Waals surface area contributed by atoms with Crippen LogP contribution in [0, 0.1) is 5.92 Å². The molecule has 1 aliphatic heterocycles. The Morgan fingerprint density at radius 1 is 1.70 bits per heavy atom. The molecular formula is C5H14OP4. The highest BCUT2D eigenvalue weighted by Gasteiger charge is 2.28. The maximum atomic E-state index is 5.62. The van der Waals surface area contributed by atoms with E-state index >= 15 is 0 Å². The molecule has 1 rings (SSSR count). The van der Waals surface area contributed by atoms with Crippen LogP contribution >= 0.6 is 33.1 Å². The monoisotopic (exact) mass is 214 g/mol. The molecular weight excluding hydrogens is 200 g/mol. The fourth-order valence-corrected chi connectivity index (χ4v) is 6.11. The Morgan fingerprint density at radius 3 is 2.80 bits per heavy atom. The molecule has 1 nitrogen and oxygen atoms in total. The van der Waals surface area contributed by atoms with Crippen molar-refractivity contribution >= 4 is 33.1 Å². The predicted octanol–water partition coefficient (Wildman–Crippen LogP) is 3.02. The second-order valence-corrected chi connectivity index (χ2v) is 12.0. The van der Waals surface area contributed by atoms with E-state index < -0.39 is 0 Å². The van der Waals surface area contributed by atoms with Gasteiger partial charge in [-0.25, -0.2) is 0 Å². The number of hydrogen-bond acceptors (Lipinski definition) is 1. The first kappa shape index (κ1) is 9.77. The molecule has 1 fully saturated rings. The van der Waals surface area contributed by atoms with Crippen LogP contribution in [-0.2, 0) is 4.74 Å². The molecule has 1 saturated heterocycles. The summed E-state index contributed by atoms with van der Waals surface area (Å²) in [6.45, 7) is 3.27. The Kier molecular flexibility index (Phi) is 4.53. The zero-order valence-electron chi connectivity index (χ0n) is 6.08. The minimum atomic E-state index is 0.0664. The lowest BCUT2D eigenvalue weighted by atomic mass is 10.2. The van der Waals surface area contributed by atoms with Gasteiger partial charge in [0.15, 0.2) is 0 Å². The highest BCUT2D eigenvalue weighted by atomic mass is 32.6. The quantitative estimate of drug-likeness (QED) is 0.642. The standard InChI is InChI=1S/C5H14OP4/c1-4-2-3-6-5(4)10(8)9-7/h4-5,9H,2-3,7-8H2,1H3. The molecule has 0 saturated carbocycles. The third-order valence-electron chi connectivity index (χ3n) is 1.77. The Hall–Kier alpha value is 1.68. The second kappa shape index (κ2) is 4.64. The van der Waals surface area contributed by atoms with Gasteiger partial charge in [-0.15, -0.1) is 17.9 Å². The van der Waals surface area contributed by atoms with E-state index in [-0.39, 0.29) is 7.30 Å². The highest BCUT2D eigenvalue weighted by Crippen LogP contribution is 2.71. The van der Waals surface area contributed by atoms with Crippen LogP contribution in [0.5, 0.6) is 0 Å². The molecule has 6 atom stereocenters. The molecule has 0 amide bonds. The summed E-state index contributed by atoms with van der Waals surface area (Å²) >= 11 is 0. The Balaban J connectivity index is 2.38. The maximum absolute atomic E-state index is 5.62. The van der Waals surface area contributed by atoms with Crippen molar-refractivity contribution in [2.24, 2.45) is 5.92 Å². The van der Waals surface area contributed by atoms with Gasteiger partial charge >= 0.3 is 0 Å². The molecule has 60 valence electrons. The van der Waals surface area contributed by atoms with Crippen LogP contribution in [0.4, 0.5) is 0 Å². The van der Waals surface area contributed by atoms with E-state index in [0.29, 0.717) is 5.85 Å². The van der Waals surface area contributed by atoms with Crippen LogP contribution in [0.1, 0.15) is 13.3 Å². The molecule has 0 spiro atoms. The van der Waals surface area contributed by atoms with Gasteiger partial charge in [0.05, 0.1) is 5.85 Å². The van der Waals surface area contributed by atoms with Crippen molar-refractivity contribution in [3.8, 4) is 0 Å². The van der Waals surface area contributed by atoms with Gasteiger partial charge in [0.2, 0.25) is 0 Å². The number of ether oxygens (including phenoxy) is 1. The van der Waals surface area contributed by atoms with Gasteiger partial charge in [-0.05, 0) is 19.6 Å². The van der Waals surface area contributed by atoms with E-state index in [1.54, 1.807) is 0 Å². The van der Waals surface area contributed by atoms with E-state index in [9.17, 15) is 0 Å². The molecule has 0 aliphatic carbocycles. The summed E-state index contributed by atoms with van der Waals surface area (Å²) in [5, 5.41) is 0. The molecule has 1 aliphatic rings. The van der Waals surface area contributed by atoms with Gasteiger partial charge in [0.1, 0.15) is 0 Å².